The van der Waals surface area contributed by atoms with Gasteiger partial charge in [0.05, 0.1) is 0 Å². The van der Waals surface area contributed by atoms with E-state index in [-0.39, 0.29) is 11.9 Å². The molecule has 1 aliphatic heterocycles. The van der Waals surface area contributed by atoms with Crippen LogP contribution in [-0.2, 0) is 12.8 Å². The normalized spacial score (nSPS) is 19.9. The van der Waals surface area contributed by atoms with E-state index in [1.54, 1.807) is 4.52 Å². The summed E-state index contributed by atoms with van der Waals surface area (Å²) in [5, 5.41) is 4.54. The first kappa shape index (κ1) is 19.2. The van der Waals surface area contributed by atoms with Gasteiger partial charge in [-0.15, -0.1) is 0 Å². The highest BCUT2D eigenvalue weighted by molar-refractivity contribution is 5.93. The summed E-state index contributed by atoms with van der Waals surface area (Å²) in [6.45, 7) is 6.01. The van der Waals surface area contributed by atoms with E-state index in [9.17, 15) is 4.79 Å². The number of aromatic nitrogens is 3. The Hall–Kier alpha value is -2.73. The summed E-state index contributed by atoms with van der Waals surface area (Å²) >= 11 is 0. The molecule has 0 bridgehead atoms. The molecular weight excluding hydrogens is 374 g/mol. The Morgan fingerprint density at radius 2 is 1.87 bits per heavy atom. The van der Waals surface area contributed by atoms with Gasteiger partial charge in [-0.1, -0.05) is 24.3 Å². The zero-order valence-electron chi connectivity index (χ0n) is 18.0. The van der Waals surface area contributed by atoms with Crippen LogP contribution in [0.1, 0.15) is 45.8 Å². The lowest BCUT2D eigenvalue weighted by atomic mass is 10.0. The Bertz CT molecular complexity index is 1080. The van der Waals surface area contributed by atoms with Gasteiger partial charge >= 0.3 is 0 Å². The molecule has 0 radical (unpaired) electrons. The van der Waals surface area contributed by atoms with Crippen LogP contribution in [0.15, 0.2) is 36.4 Å². The van der Waals surface area contributed by atoms with Crippen molar-refractivity contribution in [2.45, 2.75) is 51.6 Å². The molecule has 0 spiro atoms. The number of hydrogen-bond donors (Lipinski definition) is 0. The summed E-state index contributed by atoms with van der Waals surface area (Å²) in [5.74, 6) is -0.0147. The van der Waals surface area contributed by atoms with E-state index in [1.807, 2.05) is 37.9 Å². The van der Waals surface area contributed by atoms with Crippen LogP contribution in [0.3, 0.4) is 0 Å². The van der Waals surface area contributed by atoms with Crippen LogP contribution in [0.5, 0.6) is 0 Å². The van der Waals surface area contributed by atoms with Gasteiger partial charge in [0.15, 0.2) is 11.3 Å². The molecule has 1 fully saturated rings. The first-order chi connectivity index (χ1) is 14.5. The minimum atomic E-state index is -0.0147. The van der Waals surface area contributed by atoms with Gasteiger partial charge in [-0.05, 0) is 63.3 Å². The number of fused-ring (bicyclic) bond motifs is 2. The zero-order chi connectivity index (χ0) is 20.8. The number of rotatable bonds is 3. The molecule has 2 aliphatic rings. The van der Waals surface area contributed by atoms with E-state index in [2.05, 4.69) is 39.2 Å². The Balaban J connectivity index is 1.30. The lowest BCUT2D eigenvalue weighted by molar-refractivity contribution is 0.0550. The number of benzene rings is 1. The Labute approximate surface area is 177 Å². The van der Waals surface area contributed by atoms with Crippen molar-refractivity contribution in [3.8, 4) is 0 Å². The number of hydrogen-bond acceptors (Lipinski definition) is 4. The molecule has 1 saturated heterocycles. The second kappa shape index (κ2) is 7.51. The van der Waals surface area contributed by atoms with Gasteiger partial charge in [0.25, 0.3) is 5.91 Å². The van der Waals surface area contributed by atoms with Gasteiger partial charge < -0.3 is 4.90 Å². The summed E-state index contributed by atoms with van der Waals surface area (Å²) in [6.07, 6.45) is 4.41. The number of likely N-dealkylation sites (N-methyl/N-ethyl adjacent to an activating group) is 1. The van der Waals surface area contributed by atoms with Crippen LogP contribution in [0.2, 0.25) is 0 Å². The highest BCUT2D eigenvalue weighted by atomic mass is 16.2. The summed E-state index contributed by atoms with van der Waals surface area (Å²) in [4.78, 5) is 22.2. The predicted molar refractivity (Wildman–Crippen MR) is 117 cm³/mol. The monoisotopic (exact) mass is 403 g/mol. The van der Waals surface area contributed by atoms with E-state index in [1.165, 1.54) is 11.1 Å². The van der Waals surface area contributed by atoms with Crippen molar-refractivity contribution in [3.63, 3.8) is 0 Å². The molecule has 0 unspecified atom stereocenters. The number of carbonyl (C=O) groups is 1. The van der Waals surface area contributed by atoms with Gasteiger partial charge in [-0.25, -0.2) is 9.50 Å². The summed E-state index contributed by atoms with van der Waals surface area (Å²) in [7, 11) is 1.93. The molecule has 1 amide bonds. The van der Waals surface area contributed by atoms with E-state index in [4.69, 9.17) is 0 Å². The summed E-state index contributed by atoms with van der Waals surface area (Å²) in [5.41, 5.74) is 6.10. The van der Waals surface area contributed by atoms with Gasteiger partial charge in [0.2, 0.25) is 0 Å². The maximum atomic E-state index is 13.2. The third-order valence-corrected chi connectivity index (χ3v) is 6.79. The molecule has 30 heavy (non-hydrogen) atoms. The van der Waals surface area contributed by atoms with Crippen molar-refractivity contribution in [3.05, 3.63) is 64.6 Å². The van der Waals surface area contributed by atoms with Crippen LogP contribution in [-0.4, -0.2) is 62.5 Å². The largest absolute Gasteiger partial charge is 0.336 e. The fraction of sp³-hybridized carbons (Fsp3) is 0.458. The number of piperidine rings is 1. The fourth-order valence-corrected chi connectivity index (χ4v) is 5.16. The Kier molecular flexibility index (Phi) is 4.82. The van der Waals surface area contributed by atoms with Crippen LogP contribution in [0.25, 0.3) is 5.65 Å². The molecule has 2 aromatic heterocycles. The zero-order valence-corrected chi connectivity index (χ0v) is 18.0. The minimum absolute atomic E-state index is 0.0147. The van der Waals surface area contributed by atoms with Crippen molar-refractivity contribution in [1.82, 2.24) is 24.4 Å². The van der Waals surface area contributed by atoms with Crippen molar-refractivity contribution >= 4 is 11.6 Å². The maximum Gasteiger partial charge on any atom is 0.274 e. The molecule has 1 atom stereocenters. The molecule has 3 heterocycles. The number of carbonyl (C=O) groups excluding carboxylic acids is 1. The topological polar surface area (TPSA) is 53.7 Å². The molecule has 0 N–H and O–H groups in total. The molecule has 1 aliphatic carbocycles. The molecule has 0 saturated carbocycles. The number of aryl methyl sites for hydroxylation is 2. The lowest BCUT2D eigenvalue weighted by Gasteiger charge is -2.40. The minimum Gasteiger partial charge on any atom is -0.336 e. The fourth-order valence-electron chi connectivity index (χ4n) is 5.16. The van der Waals surface area contributed by atoms with Crippen LogP contribution >= 0.6 is 0 Å². The highest BCUT2D eigenvalue weighted by Crippen LogP contribution is 2.28. The van der Waals surface area contributed by atoms with Crippen molar-refractivity contribution < 1.29 is 4.79 Å². The van der Waals surface area contributed by atoms with Crippen LogP contribution < -0.4 is 0 Å². The highest BCUT2D eigenvalue weighted by Gasteiger charge is 2.33. The van der Waals surface area contributed by atoms with Gasteiger partial charge in [-0.3, -0.25) is 9.69 Å². The molecular formula is C24H29N5O. The molecule has 3 aromatic rings. The molecule has 6 nitrogen and oxygen atoms in total. The standard InChI is InChI=1S/C24H29N5O/c1-16-11-17(2)29-23(25-16)14-22(26-29)24(30)27(3)20-9-6-10-28(15-20)21-12-18-7-4-5-8-19(18)13-21/h4-5,7-8,11,14,20-21H,6,9-10,12-13,15H2,1-3H3/t20-/m1/s1. The van der Waals surface area contributed by atoms with Crippen molar-refractivity contribution in [2.24, 2.45) is 0 Å². The first-order valence-electron chi connectivity index (χ1n) is 10.9. The van der Waals surface area contributed by atoms with Crippen LogP contribution in [0.4, 0.5) is 0 Å². The van der Waals surface area contributed by atoms with Gasteiger partial charge in [-0.2, -0.15) is 5.10 Å². The molecule has 5 rings (SSSR count). The molecule has 1 aromatic carbocycles. The number of likely N-dealkylation sites (tertiary alicyclic amines) is 1. The van der Waals surface area contributed by atoms with E-state index in [0.29, 0.717) is 11.7 Å². The van der Waals surface area contributed by atoms with Crippen molar-refractivity contribution in [2.75, 3.05) is 20.1 Å². The first-order valence-corrected chi connectivity index (χ1v) is 10.9. The number of nitrogens with zero attached hydrogens (tertiary/aromatic N) is 5. The Morgan fingerprint density at radius 1 is 1.13 bits per heavy atom. The molecule has 156 valence electrons. The van der Waals surface area contributed by atoms with Crippen LogP contribution in [0, 0.1) is 13.8 Å². The van der Waals surface area contributed by atoms with E-state index < -0.39 is 0 Å². The lowest BCUT2D eigenvalue weighted by Crippen LogP contribution is -2.51. The predicted octanol–water partition coefficient (Wildman–Crippen LogP) is 3.05. The summed E-state index contributed by atoms with van der Waals surface area (Å²) in [6, 6.07) is 13.4. The quantitative estimate of drug-likeness (QED) is 0.675. The SMILES string of the molecule is Cc1cc(C)n2nc(C(=O)N(C)[C@@H]3CCCN(C4Cc5ccccc5C4)C3)cc2n1. The maximum absolute atomic E-state index is 13.2. The average molecular weight is 404 g/mol. The summed E-state index contributed by atoms with van der Waals surface area (Å²) < 4.78 is 1.76. The third-order valence-electron chi connectivity index (χ3n) is 6.79. The second-order valence-corrected chi connectivity index (χ2v) is 8.88. The van der Waals surface area contributed by atoms with E-state index >= 15 is 0 Å². The molecule has 6 heteroatoms. The average Bonchev–Trinajstić information content (AvgIpc) is 3.37. The third kappa shape index (κ3) is 3.39. The van der Waals surface area contributed by atoms with Gasteiger partial charge in [0.1, 0.15) is 0 Å². The van der Waals surface area contributed by atoms with E-state index in [0.717, 1.165) is 55.8 Å². The van der Waals surface area contributed by atoms with Gasteiger partial charge in [0, 0.05) is 43.1 Å². The smallest absolute Gasteiger partial charge is 0.274 e. The number of amides is 1. The Morgan fingerprint density at radius 3 is 2.60 bits per heavy atom. The second-order valence-electron chi connectivity index (χ2n) is 8.88. The van der Waals surface area contributed by atoms with Crippen molar-refractivity contribution in [1.29, 1.82) is 0 Å².